The summed E-state index contributed by atoms with van der Waals surface area (Å²) in [5, 5.41) is 71.4. The number of amides is 12. The van der Waals surface area contributed by atoms with E-state index >= 15 is 0 Å². The van der Waals surface area contributed by atoms with Crippen LogP contribution < -0.4 is 93.3 Å². The molecule has 0 aromatic rings. The van der Waals surface area contributed by atoms with Gasteiger partial charge in [0.2, 0.25) is 70.9 Å². The number of carboxylic acids is 2. The van der Waals surface area contributed by atoms with E-state index in [4.69, 9.17) is 45.2 Å². The van der Waals surface area contributed by atoms with Crippen LogP contribution in [0.15, 0.2) is 9.98 Å². The molecule has 1 heterocycles. The average molecular weight is 1320 g/mol. The molecule has 0 spiro atoms. The summed E-state index contributed by atoms with van der Waals surface area (Å²) in [5.41, 5.74) is 38.5. The van der Waals surface area contributed by atoms with Gasteiger partial charge in [-0.2, -0.15) is 12.6 Å². The highest BCUT2D eigenvalue weighted by Gasteiger charge is 2.40. The fraction of sp³-hybridized carbons (Fsp3) is 0.686. The van der Waals surface area contributed by atoms with E-state index in [0.717, 1.165) is 4.90 Å². The van der Waals surface area contributed by atoms with E-state index in [1.807, 2.05) is 0 Å². The molecule has 0 aromatic carbocycles. The van der Waals surface area contributed by atoms with E-state index in [2.05, 4.69) is 75.8 Å². The SMILES string of the molecule is CC(C)C[C@H](NC(=O)[C@H](CC(N)=O)NC(=O)CNC(=O)[C@H](CS)NC(=O)[C@H](CCCN=C(N)N)NC(=O)[C@H](CCCCN)NC(=O)[C@H](CO)NC(=O)[C@H](CCCN=C(N)N)NC(=O)[C@@H]1CCCN1C(=O)[C@H](CO)NC(=O)[C@@H](N)CC(=O)O)C(=O)N[C@@H](CO)C(=O)O. The Labute approximate surface area is 528 Å². The van der Waals surface area contributed by atoms with E-state index in [0.29, 0.717) is 6.42 Å². The molecule has 11 atom stereocenters. The molecule has 514 valence electrons. The van der Waals surface area contributed by atoms with E-state index in [1.54, 1.807) is 13.8 Å². The summed E-state index contributed by atoms with van der Waals surface area (Å²) in [6.45, 7) is -0.621. The molecule has 1 rings (SSSR count). The zero-order valence-electron chi connectivity index (χ0n) is 50.6. The number of primary amides is 1. The Bertz CT molecular complexity index is 2580. The summed E-state index contributed by atoms with van der Waals surface area (Å²) >= 11 is 4.15. The van der Waals surface area contributed by atoms with Gasteiger partial charge in [0.05, 0.1) is 45.2 Å². The Kier molecular flexibility index (Phi) is 37.3. The van der Waals surface area contributed by atoms with Crippen LogP contribution in [0.5, 0.6) is 0 Å². The van der Waals surface area contributed by atoms with Crippen LogP contribution >= 0.6 is 12.6 Å². The average Bonchev–Trinajstić information content (AvgIpc) is 2.73. The number of aliphatic hydroxyl groups excluding tert-OH is 3. The number of thiol groups is 1. The first-order valence-electron chi connectivity index (χ1n) is 28.9. The molecule has 29 N–H and O–H groups in total. The lowest BCUT2D eigenvalue weighted by Gasteiger charge is -2.30. The zero-order chi connectivity index (χ0) is 69.1. The van der Waals surface area contributed by atoms with Crippen LogP contribution in [-0.2, 0) is 67.1 Å². The van der Waals surface area contributed by atoms with Crippen LogP contribution in [0.2, 0.25) is 0 Å². The van der Waals surface area contributed by atoms with Crippen LogP contribution in [-0.4, -0.2) is 250 Å². The number of carbonyl (C=O) groups excluding carboxylic acids is 12. The fourth-order valence-electron chi connectivity index (χ4n) is 8.68. The molecule has 12 amide bonds. The Morgan fingerprint density at radius 1 is 0.538 bits per heavy atom. The van der Waals surface area contributed by atoms with Crippen LogP contribution in [0, 0.1) is 5.92 Å². The monoisotopic (exact) mass is 1320 g/mol. The van der Waals surface area contributed by atoms with Gasteiger partial charge < -0.3 is 124 Å². The molecule has 39 nitrogen and oxygen atoms in total. The Morgan fingerprint density at radius 2 is 0.989 bits per heavy atom. The van der Waals surface area contributed by atoms with Crippen LogP contribution in [0.1, 0.15) is 90.9 Å². The van der Waals surface area contributed by atoms with Gasteiger partial charge in [0.1, 0.15) is 60.4 Å². The standard InChI is InChI=1S/C51H90N20O19S/c1-24(2)16-29(44(84)69-33(22-74)49(89)90)66-45(85)30(18-36(54)75)62-37(76)19-61-40(80)34(23-91)70-43(83)27(9-5-13-59-50(55)56)63-41(81)26(8-3-4-12-52)64-46(86)31(20-72)67-42(82)28(10-6-14-60-51(57)58)65-47(87)35-11-7-15-71(35)48(88)32(21-73)68-39(79)25(53)17-38(77)78/h24-35,72-74,91H,3-23,52-53H2,1-2H3,(H2,54,75)(H,61,80)(H,62,76)(H,63,81)(H,64,86)(H,65,87)(H,66,85)(H,67,82)(H,68,79)(H,69,84)(H,70,83)(H,77,78)(H,89,90)(H4,55,56,59)(H4,57,58,60)/t25-,26-,27-,28-,29-,30-,31-,32-,33-,34-,35-/m0/s1. The topological polar surface area (TPSA) is 671 Å². The molecule has 0 saturated carbocycles. The largest absolute Gasteiger partial charge is 0.481 e. The molecular formula is C51H90N20O19S. The molecule has 0 radical (unpaired) electrons. The van der Waals surface area contributed by atoms with Crippen molar-refractivity contribution >= 4 is 107 Å². The number of hydrogen-bond acceptors (Lipinski definition) is 22. The number of carbonyl (C=O) groups is 14. The molecule has 40 heteroatoms. The maximum atomic E-state index is 14.2. The Balaban J connectivity index is 3.41. The van der Waals surface area contributed by atoms with Crippen molar-refractivity contribution in [1.82, 2.24) is 58.1 Å². The van der Waals surface area contributed by atoms with E-state index in [1.165, 1.54) is 0 Å². The first-order valence-corrected chi connectivity index (χ1v) is 29.5. The number of unbranched alkanes of at least 4 members (excludes halogenated alkanes) is 1. The van der Waals surface area contributed by atoms with Gasteiger partial charge in [-0.05, 0) is 76.7 Å². The molecule has 1 aliphatic rings. The minimum atomic E-state index is -1.82. The first-order chi connectivity index (χ1) is 42.8. The second-order valence-corrected chi connectivity index (χ2v) is 21.6. The maximum Gasteiger partial charge on any atom is 0.328 e. The highest BCUT2D eigenvalue weighted by atomic mass is 32.1. The van der Waals surface area contributed by atoms with Crippen LogP contribution in [0.3, 0.4) is 0 Å². The van der Waals surface area contributed by atoms with Crippen molar-refractivity contribution in [2.24, 2.45) is 56.0 Å². The number of nitrogens with zero attached hydrogens (tertiary/aromatic N) is 3. The number of carboxylic acid groups (broad SMARTS) is 2. The molecule has 0 unspecified atom stereocenters. The summed E-state index contributed by atoms with van der Waals surface area (Å²) in [6, 6.07) is -17.3. The number of aliphatic hydroxyl groups is 3. The highest BCUT2D eigenvalue weighted by molar-refractivity contribution is 7.80. The number of nitrogens with two attached hydrogens (primary N) is 7. The third kappa shape index (κ3) is 30.6. The van der Waals surface area contributed by atoms with Crippen molar-refractivity contribution in [3.63, 3.8) is 0 Å². The van der Waals surface area contributed by atoms with Gasteiger partial charge in [0, 0.05) is 25.4 Å². The van der Waals surface area contributed by atoms with Crippen molar-refractivity contribution in [2.45, 2.75) is 157 Å². The van der Waals surface area contributed by atoms with Crippen LogP contribution in [0.25, 0.3) is 0 Å². The number of aliphatic imine (C=N–C) groups is 2. The van der Waals surface area contributed by atoms with Crippen molar-refractivity contribution in [3.05, 3.63) is 0 Å². The van der Waals surface area contributed by atoms with Gasteiger partial charge in [-0.1, -0.05) is 13.8 Å². The molecule has 0 bridgehead atoms. The maximum absolute atomic E-state index is 14.2. The third-order valence-corrected chi connectivity index (χ3v) is 13.7. The number of likely N-dealkylation sites (tertiary alicyclic amines) is 1. The summed E-state index contributed by atoms with van der Waals surface area (Å²) in [6.07, 6.45) is -1.37. The van der Waals surface area contributed by atoms with E-state index in [-0.39, 0.29) is 102 Å². The van der Waals surface area contributed by atoms with Gasteiger partial charge in [-0.15, -0.1) is 0 Å². The first kappa shape index (κ1) is 80.3. The lowest BCUT2D eigenvalue weighted by molar-refractivity contribution is -0.144. The van der Waals surface area contributed by atoms with Crippen molar-refractivity contribution in [2.75, 3.05) is 58.3 Å². The van der Waals surface area contributed by atoms with Gasteiger partial charge in [-0.25, -0.2) is 4.79 Å². The van der Waals surface area contributed by atoms with Crippen molar-refractivity contribution in [3.8, 4) is 0 Å². The molecular weight excluding hydrogens is 1230 g/mol. The molecule has 0 aliphatic carbocycles. The van der Waals surface area contributed by atoms with Crippen LogP contribution in [0.4, 0.5) is 0 Å². The Morgan fingerprint density at radius 3 is 1.46 bits per heavy atom. The second-order valence-electron chi connectivity index (χ2n) is 21.3. The third-order valence-electron chi connectivity index (χ3n) is 13.4. The fourth-order valence-corrected chi connectivity index (χ4v) is 8.94. The molecule has 91 heavy (non-hydrogen) atoms. The Hall–Kier alpha value is -8.73. The van der Waals surface area contributed by atoms with E-state index in [9.17, 15) is 87.5 Å². The predicted octanol–water partition coefficient (Wildman–Crippen LogP) is -11.6. The normalized spacial score (nSPS) is 15.9. The van der Waals surface area contributed by atoms with Crippen molar-refractivity contribution < 1.29 is 92.7 Å². The van der Waals surface area contributed by atoms with Gasteiger partial charge in [-0.3, -0.25) is 72.3 Å². The summed E-state index contributed by atoms with van der Waals surface area (Å²) in [5.74, 6) is -16.7. The summed E-state index contributed by atoms with van der Waals surface area (Å²) in [7, 11) is 0. The number of nitrogens with one attached hydrogen (secondary N) is 10. The molecule has 0 aromatic heterocycles. The molecule has 1 aliphatic heterocycles. The minimum absolute atomic E-state index is 0.0247. The molecule has 1 saturated heterocycles. The van der Waals surface area contributed by atoms with Gasteiger partial charge in [0.15, 0.2) is 11.9 Å². The van der Waals surface area contributed by atoms with Gasteiger partial charge in [0.25, 0.3) is 0 Å². The van der Waals surface area contributed by atoms with Gasteiger partial charge >= 0.3 is 11.9 Å². The highest BCUT2D eigenvalue weighted by Crippen LogP contribution is 2.20. The summed E-state index contributed by atoms with van der Waals surface area (Å²) < 4.78 is 0. The quantitative estimate of drug-likeness (QED) is 0.0117. The number of rotatable bonds is 44. The number of hydrogen-bond donors (Lipinski definition) is 23. The second kappa shape index (κ2) is 42.3. The number of guanidine groups is 2. The van der Waals surface area contributed by atoms with E-state index < -0.39 is 194 Å². The lowest BCUT2D eigenvalue weighted by atomic mass is 10.0. The van der Waals surface area contributed by atoms with Crippen molar-refractivity contribution in [1.29, 1.82) is 0 Å². The minimum Gasteiger partial charge on any atom is -0.481 e. The lowest BCUT2D eigenvalue weighted by Crippen LogP contribution is -2.61. The number of aliphatic carboxylic acids is 2. The zero-order valence-corrected chi connectivity index (χ0v) is 51.5. The smallest absolute Gasteiger partial charge is 0.328 e. The molecule has 1 fully saturated rings. The summed E-state index contributed by atoms with van der Waals surface area (Å²) in [4.78, 5) is 192. The predicted molar refractivity (Wildman–Crippen MR) is 324 cm³/mol.